The fraction of sp³-hybridized carbons (Fsp3) is 0.833. The number of hydrogen-bond acceptors (Lipinski definition) is 4. The first-order valence-corrected chi connectivity index (χ1v) is 6.28. The van der Waals surface area contributed by atoms with E-state index >= 15 is 0 Å². The average Bonchev–Trinajstić information content (AvgIpc) is 2.36. The highest BCUT2D eigenvalue weighted by Gasteiger charge is 2.39. The summed E-state index contributed by atoms with van der Waals surface area (Å²) in [6.45, 7) is 1.11. The van der Waals surface area contributed by atoms with E-state index in [1.807, 2.05) is 0 Å². The molecule has 1 atom stereocenters. The maximum Gasteiger partial charge on any atom is 0.337 e. The molecule has 0 heterocycles. The highest BCUT2D eigenvalue weighted by Crippen LogP contribution is 2.35. The lowest BCUT2D eigenvalue weighted by Crippen LogP contribution is -2.53. The Morgan fingerprint density at radius 2 is 1.89 bits per heavy atom. The molecular formula is C12H22N2O4. The van der Waals surface area contributed by atoms with E-state index < -0.39 is 17.0 Å². The predicted octanol–water partition coefficient (Wildman–Crippen LogP) is -0.153. The van der Waals surface area contributed by atoms with Crippen LogP contribution in [0.1, 0.15) is 39.0 Å². The van der Waals surface area contributed by atoms with Crippen molar-refractivity contribution in [2.45, 2.75) is 44.6 Å². The number of carboxylic acids is 1. The van der Waals surface area contributed by atoms with Crippen molar-refractivity contribution in [1.29, 1.82) is 0 Å². The minimum absolute atomic E-state index is 0.244. The topological polar surface area (TPSA) is 113 Å². The van der Waals surface area contributed by atoms with Gasteiger partial charge < -0.3 is 21.3 Å². The van der Waals surface area contributed by atoms with E-state index in [0.29, 0.717) is 0 Å². The minimum Gasteiger partial charge on any atom is -0.479 e. The second-order valence-corrected chi connectivity index (χ2v) is 5.31. The molecule has 0 aliphatic heterocycles. The highest BCUT2D eigenvalue weighted by molar-refractivity contribution is 5.84. The van der Waals surface area contributed by atoms with Crippen LogP contribution < -0.4 is 11.1 Å². The van der Waals surface area contributed by atoms with Gasteiger partial charge in [0.1, 0.15) is 0 Å². The van der Waals surface area contributed by atoms with Gasteiger partial charge >= 0.3 is 5.97 Å². The van der Waals surface area contributed by atoms with Crippen LogP contribution in [0.3, 0.4) is 0 Å². The molecule has 0 saturated heterocycles. The maximum atomic E-state index is 12.1. The Kier molecular flexibility index (Phi) is 4.70. The van der Waals surface area contributed by atoms with Gasteiger partial charge in [0.15, 0.2) is 5.60 Å². The van der Waals surface area contributed by atoms with Crippen LogP contribution in [0.25, 0.3) is 0 Å². The Labute approximate surface area is 107 Å². The zero-order valence-corrected chi connectivity index (χ0v) is 10.7. The molecule has 6 heteroatoms. The molecule has 1 amide bonds. The van der Waals surface area contributed by atoms with E-state index in [4.69, 9.17) is 10.8 Å². The van der Waals surface area contributed by atoms with Crippen LogP contribution in [0.5, 0.6) is 0 Å². The number of carbonyl (C=O) groups excluding carboxylic acids is 1. The summed E-state index contributed by atoms with van der Waals surface area (Å²) >= 11 is 0. The van der Waals surface area contributed by atoms with Crippen LogP contribution in [-0.2, 0) is 9.59 Å². The number of carboxylic acid groups (broad SMARTS) is 1. The second-order valence-electron chi connectivity index (χ2n) is 5.31. The van der Waals surface area contributed by atoms with E-state index in [1.165, 1.54) is 0 Å². The zero-order valence-electron chi connectivity index (χ0n) is 10.7. The number of aliphatic carboxylic acids is 1. The largest absolute Gasteiger partial charge is 0.479 e. The van der Waals surface area contributed by atoms with Gasteiger partial charge in [0, 0.05) is 6.54 Å². The third-order valence-corrected chi connectivity index (χ3v) is 3.74. The molecular weight excluding hydrogens is 236 g/mol. The first-order valence-electron chi connectivity index (χ1n) is 6.28. The van der Waals surface area contributed by atoms with Gasteiger partial charge in [0.25, 0.3) is 0 Å². The third kappa shape index (κ3) is 3.20. The van der Waals surface area contributed by atoms with E-state index in [2.05, 4.69) is 5.32 Å². The van der Waals surface area contributed by atoms with Crippen molar-refractivity contribution in [1.82, 2.24) is 5.32 Å². The van der Waals surface area contributed by atoms with Crippen molar-refractivity contribution in [2.75, 3.05) is 13.1 Å². The summed E-state index contributed by atoms with van der Waals surface area (Å²) in [7, 11) is 0. The molecule has 1 rings (SSSR count). The van der Waals surface area contributed by atoms with Crippen LogP contribution >= 0.6 is 0 Å². The molecule has 1 saturated carbocycles. The summed E-state index contributed by atoms with van der Waals surface area (Å²) in [5, 5.41) is 20.8. The van der Waals surface area contributed by atoms with Crippen molar-refractivity contribution >= 4 is 11.9 Å². The molecule has 18 heavy (non-hydrogen) atoms. The molecule has 104 valence electrons. The first-order chi connectivity index (χ1) is 8.34. The summed E-state index contributed by atoms with van der Waals surface area (Å²) in [4.78, 5) is 22.9. The predicted molar refractivity (Wildman–Crippen MR) is 65.8 cm³/mol. The monoisotopic (exact) mass is 258 g/mol. The van der Waals surface area contributed by atoms with E-state index in [0.717, 1.165) is 39.0 Å². The van der Waals surface area contributed by atoms with Gasteiger partial charge in [-0.3, -0.25) is 4.79 Å². The zero-order chi connectivity index (χ0) is 13.8. The molecule has 1 aliphatic rings. The Balaban J connectivity index is 2.61. The number of rotatable bonds is 5. The second kappa shape index (κ2) is 5.67. The van der Waals surface area contributed by atoms with Crippen LogP contribution in [0.2, 0.25) is 0 Å². The molecule has 0 radical (unpaired) electrons. The standard InChI is InChI=1S/C12H22N2O4/c1-11(18,10(16)17)8-14-9(15)12(7-13)5-3-2-4-6-12/h18H,2-8,13H2,1H3,(H,14,15)(H,16,17). The van der Waals surface area contributed by atoms with Gasteiger partial charge in [-0.1, -0.05) is 19.3 Å². The van der Waals surface area contributed by atoms with Gasteiger partial charge in [0.05, 0.1) is 12.0 Å². The molecule has 1 fully saturated rings. The number of carbonyl (C=O) groups is 2. The quantitative estimate of drug-likeness (QED) is 0.547. The number of nitrogens with one attached hydrogen (secondary N) is 1. The Morgan fingerprint density at radius 1 is 1.33 bits per heavy atom. The molecule has 6 nitrogen and oxygen atoms in total. The normalized spacial score (nSPS) is 21.9. The number of hydrogen-bond donors (Lipinski definition) is 4. The van der Waals surface area contributed by atoms with Gasteiger partial charge in [0.2, 0.25) is 5.91 Å². The fourth-order valence-electron chi connectivity index (χ4n) is 2.27. The van der Waals surface area contributed by atoms with Crippen LogP contribution in [0, 0.1) is 5.41 Å². The maximum absolute atomic E-state index is 12.1. The molecule has 0 aromatic carbocycles. The number of nitrogens with two attached hydrogens (primary N) is 1. The Hall–Kier alpha value is -1.14. The lowest BCUT2D eigenvalue weighted by molar-refractivity contribution is -0.156. The molecule has 1 aliphatic carbocycles. The molecule has 0 spiro atoms. The highest BCUT2D eigenvalue weighted by atomic mass is 16.4. The molecule has 0 bridgehead atoms. The van der Waals surface area contributed by atoms with Crippen molar-refractivity contribution in [3.63, 3.8) is 0 Å². The summed E-state index contributed by atoms with van der Waals surface area (Å²) in [6.07, 6.45) is 4.47. The summed E-state index contributed by atoms with van der Waals surface area (Å²) in [6, 6.07) is 0. The molecule has 1 unspecified atom stereocenters. The minimum atomic E-state index is -1.94. The Morgan fingerprint density at radius 3 is 2.33 bits per heavy atom. The fourth-order valence-corrected chi connectivity index (χ4v) is 2.27. The van der Waals surface area contributed by atoms with Crippen LogP contribution in [-0.4, -0.2) is 40.8 Å². The molecule has 5 N–H and O–H groups in total. The summed E-state index contributed by atoms with van der Waals surface area (Å²) in [5.74, 6) is -1.60. The number of aliphatic hydroxyl groups is 1. The van der Waals surface area contributed by atoms with Gasteiger partial charge in [-0.25, -0.2) is 4.79 Å². The van der Waals surface area contributed by atoms with Crippen LogP contribution in [0.15, 0.2) is 0 Å². The van der Waals surface area contributed by atoms with Crippen molar-refractivity contribution in [2.24, 2.45) is 11.1 Å². The summed E-state index contributed by atoms with van der Waals surface area (Å²) < 4.78 is 0. The smallest absolute Gasteiger partial charge is 0.337 e. The lowest BCUT2D eigenvalue weighted by Gasteiger charge is -2.35. The lowest BCUT2D eigenvalue weighted by atomic mass is 9.73. The van der Waals surface area contributed by atoms with Crippen LogP contribution in [0.4, 0.5) is 0 Å². The third-order valence-electron chi connectivity index (χ3n) is 3.74. The van der Waals surface area contributed by atoms with Crippen molar-refractivity contribution in [3.8, 4) is 0 Å². The van der Waals surface area contributed by atoms with E-state index in [-0.39, 0.29) is 19.0 Å². The van der Waals surface area contributed by atoms with E-state index in [9.17, 15) is 14.7 Å². The van der Waals surface area contributed by atoms with E-state index in [1.54, 1.807) is 0 Å². The van der Waals surface area contributed by atoms with Gasteiger partial charge in [-0.2, -0.15) is 0 Å². The molecule has 0 aromatic rings. The van der Waals surface area contributed by atoms with Crippen molar-refractivity contribution < 1.29 is 19.8 Å². The Bertz CT molecular complexity index is 322. The summed E-state index contributed by atoms with van der Waals surface area (Å²) in [5.41, 5.74) is 3.16. The van der Waals surface area contributed by atoms with Gasteiger partial charge in [-0.15, -0.1) is 0 Å². The first kappa shape index (κ1) is 14.9. The van der Waals surface area contributed by atoms with Crippen molar-refractivity contribution in [3.05, 3.63) is 0 Å². The number of amides is 1. The average molecular weight is 258 g/mol. The van der Waals surface area contributed by atoms with Gasteiger partial charge in [-0.05, 0) is 19.8 Å². The SMILES string of the molecule is CC(O)(CNC(=O)C1(CN)CCCCC1)C(=O)O. The molecule has 0 aromatic heterocycles.